The van der Waals surface area contributed by atoms with Crippen molar-refractivity contribution in [3.05, 3.63) is 58.1 Å². The Bertz CT molecular complexity index is 1020. The van der Waals surface area contributed by atoms with Crippen LogP contribution in [-0.4, -0.2) is 44.7 Å². The molecule has 0 bridgehead atoms. The predicted octanol–water partition coefficient (Wildman–Crippen LogP) is 2.32. The average molecular weight is 482 g/mol. The zero-order valence-electron chi connectivity index (χ0n) is 15.6. The van der Waals surface area contributed by atoms with Gasteiger partial charge < -0.3 is 4.74 Å². The summed E-state index contributed by atoms with van der Waals surface area (Å²) < 4.78 is 33.2. The van der Waals surface area contributed by atoms with E-state index in [1.807, 2.05) is 0 Å². The van der Waals surface area contributed by atoms with Crippen molar-refractivity contribution in [1.82, 2.24) is 15.2 Å². The van der Waals surface area contributed by atoms with E-state index in [1.54, 1.807) is 24.3 Å². The van der Waals surface area contributed by atoms with Gasteiger partial charge >= 0.3 is 0 Å². The first-order chi connectivity index (χ1) is 13.8. The van der Waals surface area contributed by atoms with Crippen LogP contribution in [0.25, 0.3) is 0 Å². The molecule has 1 aliphatic rings. The van der Waals surface area contributed by atoms with Gasteiger partial charge in [-0.15, -0.1) is 0 Å². The van der Waals surface area contributed by atoms with E-state index in [1.165, 1.54) is 29.6 Å². The van der Waals surface area contributed by atoms with Crippen molar-refractivity contribution < 1.29 is 22.7 Å². The maximum Gasteiger partial charge on any atom is 0.269 e. The Hall–Kier alpha value is -2.43. The van der Waals surface area contributed by atoms with Gasteiger partial charge in [0, 0.05) is 28.7 Å². The summed E-state index contributed by atoms with van der Waals surface area (Å²) in [5.74, 6) is -0.979. The van der Waals surface area contributed by atoms with Crippen LogP contribution in [0.1, 0.15) is 33.6 Å². The van der Waals surface area contributed by atoms with Crippen LogP contribution in [0.3, 0.4) is 0 Å². The number of hydrogen-bond donors (Lipinski definition) is 2. The molecule has 0 saturated carbocycles. The molecule has 1 saturated heterocycles. The lowest BCUT2D eigenvalue weighted by Gasteiger charge is -2.18. The number of rotatable bonds is 5. The fourth-order valence-corrected chi connectivity index (χ4v) is 4.91. The first-order valence-corrected chi connectivity index (χ1v) is 11.1. The topological polar surface area (TPSA) is 105 Å². The first kappa shape index (κ1) is 21.3. The van der Waals surface area contributed by atoms with Gasteiger partial charge in [-0.3, -0.25) is 20.4 Å². The van der Waals surface area contributed by atoms with Gasteiger partial charge in [-0.05, 0) is 55.3 Å². The van der Waals surface area contributed by atoms with Crippen LogP contribution in [0.4, 0.5) is 0 Å². The number of carbonyl (C=O) groups is 2. The number of amides is 2. The molecule has 1 fully saturated rings. The van der Waals surface area contributed by atoms with E-state index in [2.05, 4.69) is 26.8 Å². The number of nitrogens with zero attached hydrogens (tertiary/aromatic N) is 1. The van der Waals surface area contributed by atoms with E-state index < -0.39 is 21.8 Å². The van der Waals surface area contributed by atoms with Crippen LogP contribution in [-0.2, 0) is 10.0 Å². The summed E-state index contributed by atoms with van der Waals surface area (Å²) in [6.45, 7) is 0.871. The fourth-order valence-electron chi connectivity index (χ4n) is 2.95. The van der Waals surface area contributed by atoms with E-state index in [0.29, 0.717) is 18.7 Å². The van der Waals surface area contributed by atoms with E-state index in [4.69, 9.17) is 4.74 Å². The third-order valence-corrected chi connectivity index (χ3v) is 6.95. The molecule has 2 N–H and O–H groups in total. The number of ether oxygens (including phenoxy) is 1. The summed E-state index contributed by atoms with van der Waals surface area (Å²) in [5.41, 5.74) is 5.06. The van der Waals surface area contributed by atoms with Gasteiger partial charge in [-0.25, -0.2) is 8.42 Å². The second-order valence-electron chi connectivity index (χ2n) is 6.39. The molecular weight excluding hydrogens is 462 g/mol. The molecule has 154 valence electrons. The molecule has 0 aromatic heterocycles. The van der Waals surface area contributed by atoms with Gasteiger partial charge in [0.2, 0.25) is 10.0 Å². The Kier molecular flexibility index (Phi) is 6.56. The van der Waals surface area contributed by atoms with Crippen molar-refractivity contribution in [1.29, 1.82) is 0 Å². The quantitative estimate of drug-likeness (QED) is 0.637. The van der Waals surface area contributed by atoms with Crippen LogP contribution >= 0.6 is 15.9 Å². The van der Waals surface area contributed by atoms with Crippen molar-refractivity contribution in [3.63, 3.8) is 0 Å². The van der Waals surface area contributed by atoms with Gasteiger partial charge in [0.15, 0.2) is 0 Å². The number of methoxy groups -OCH3 is 1. The number of carbonyl (C=O) groups excluding carboxylic acids is 2. The normalized spacial score (nSPS) is 14.4. The minimum Gasteiger partial charge on any atom is -0.495 e. The number of benzene rings is 2. The monoisotopic (exact) mass is 481 g/mol. The highest BCUT2D eigenvalue weighted by Gasteiger charge is 2.30. The number of nitrogens with one attached hydrogen (secondary N) is 2. The number of hydrogen-bond acceptors (Lipinski definition) is 5. The fraction of sp³-hybridized carbons (Fsp3) is 0.263. The molecule has 29 heavy (non-hydrogen) atoms. The second-order valence-corrected chi connectivity index (χ2v) is 9.21. The largest absolute Gasteiger partial charge is 0.495 e. The molecule has 10 heteroatoms. The van der Waals surface area contributed by atoms with Gasteiger partial charge in [-0.1, -0.05) is 15.9 Å². The summed E-state index contributed by atoms with van der Waals surface area (Å²) in [6, 6.07) is 10.7. The van der Waals surface area contributed by atoms with Gasteiger partial charge in [0.25, 0.3) is 11.8 Å². The Balaban J connectivity index is 1.77. The van der Waals surface area contributed by atoms with Gasteiger partial charge in [-0.2, -0.15) is 4.31 Å². The number of halogens is 1. The minimum absolute atomic E-state index is 0.0752. The van der Waals surface area contributed by atoms with Crippen LogP contribution < -0.4 is 15.6 Å². The summed E-state index contributed by atoms with van der Waals surface area (Å²) in [4.78, 5) is 24.5. The molecule has 0 atom stereocenters. The summed E-state index contributed by atoms with van der Waals surface area (Å²) in [6.07, 6.45) is 1.59. The zero-order chi connectivity index (χ0) is 21.0. The standard InChI is InChI=1S/C19H20BrN3O5S/c1-28-16-9-6-14(12-17(16)29(26,27)23-10-2-3-11-23)19(25)22-21-18(24)13-4-7-15(20)8-5-13/h4-9,12H,2-3,10-11H2,1H3,(H,21,24)(H,22,25). The molecule has 8 nitrogen and oxygen atoms in total. The van der Waals surface area contributed by atoms with Crippen molar-refractivity contribution in [2.24, 2.45) is 0 Å². The Labute approximate surface area is 177 Å². The maximum atomic E-state index is 12.9. The van der Waals surface area contributed by atoms with Crippen LogP contribution in [0.15, 0.2) is 51.8 Å². The van der Waals surface area contributed by atoms with E-state index >= 15 is 0 Å². The maximum absolute atomic E-state index is 12.9. The van der Waals surface area contributed by atoms with Crippen molar-refractivity contribution in [2.75, 3.05) is 20.2 Å². The molecule has 0 spiro atoms. The molecular formula is C19H20BrN3O5S. The third kappa shape index (κ3) is 4.77. The third-order valence-electron chi connectivity index (χ3n) is 4.50. The SMILES string of the molecule is COc1ccc(C(=O)NNC(=O)c2ccc(Br)cc2)cc1S(=O)(=O)N1CCCC1. The Morgan fingerprint density at radius 2 is 1.52 bits per heavy atom. The lowest BCUT2D eigenvalue weighted by molar-refractivity contribution is 0.0846. The summed E-state index contributed by atoms with van der Waals surface area (Å²) in [5, 5.41) is 0. The molecule has 3 rings (SSSR count). The van der Waals surface area contributed by atoms with Crippen LogP contribution in [0.5, 0.6) is 5.75 Å². The van der Waals surface area contributed by atoms with Gasteiger partial charge in [0.1, 0.15) is 10.6 Å². The zero-order valence-corrected chi connectivity index (χ0v) is 18.0. The number of hydrazine groups is 1. The molecule has 0 unspecified atom stereocenters. The van der Waals surface area contributed by atoms with Crippen molar-refractivity contribution in [2.45, 2.75) is 17.7 Å². The Morgan fingerprint density at radius 1 is 0.966 bits per heavy atom. The van der Waals surface area contributed by atoms with Crippen molar-refractivity contribution >= 4 is 37.8 Å². The molecule has 1 heterocycles. The minimum atomic E-state index is -3.78. The lowest BCUT2D eigenvalue weighted by atomic mass is 10.2. The van der Waals surface area contributed by atoms with E-state index in [9.17, 15) is 18.0 Å². The highest BCUT2D eigenvalue weighted by atomic mass is 79.9. The summed E-state index contributed by atoms with van der Waals surface area (Å²) >= 11 is 3.28. The molecule has 0 radical (unpaired) electrons. The highest BCUT2D eigenvalue weighted by molar-refractivity contribution is 9.10. The van der Waals surface area contributed by atoms with Crippen molar-refractivity contribution in [3.8, 4) is 5.75 Å². The van der Waals surface area contributed by atoms with Crippen LogP contribution in [0.2, 0.25) is 0 Å². The lowest BCUT2D eigenvalue weighted by Crippen LogP contribution is -2.41. The summed E-state index contributed by atoms with van der Waals surface area (Å²) in [7, 11) is -2.41. The number of sulfonamides is 1. The second kappa shape index (κ2) is 8.93. The Morgan fingerprint density at radius 3 is 2.10 bits per heavy atom. The smallest absolute Gasteiger partial charge is 0.269 e. The molecule has 2 amide bonds. The first-order valence-electron chi connectivity index (χ1n) is 8.87. The predicted molar refractivity (Wildman–Crippen MR) is 110 cm³/mol. The van der Waals surface area contributed by atoms with Crippen LogP contribution in [0, 0.1) is 0 Å². The molecule has 2 aromatic carbocycles. The van der Waals surface area contributed by atoms with E-state index in [0.717, 1.165) is 17.3 Å². The highest BCUT2D eigenvalue weighted by Crippen LogP contribution is 2.29. The molecule has 1 aliphatic heterocycles. The molecule has 0 aliphatic carbocycles. The molecule has 2 aromatic rings. The van der Waals surface area contributed by atoms with E-state index in [-0.39, 0.29) is 16.2 Å². The average Bonchev–Trinajstić information content (AvgIpc) is 3.27. The van der Waals surface area contributed by atoms with Gasteiger partial charge in [0.05, 0.1) is 7.11 Å².